The Morgan fingerprint density at radius 1 is 1.07 bits per heavy atom. The topological polar surface area (TPSA) is 116 Å². The highest BCUT2D eigenvalue weighted by molar-refractivity contribution is 6.30. The zero-order valence-electron chi connectivity index (χ0n) is 24.1. The van der Waals surface area contributed by atoms with Crippen LogP contribution in [0.1, 0.15) is 22.6 Å². The number of hydrogen-bond acceptors (Lipinski definition) is 9. The normalized spacial score (nSPS) is 13.8. The minimum atomic E-state index is -0.212. The van der Waals surface area contributed by atoms with E-state index in [0.717, 1.165) is 48.6 Å². The first kappa shape index (κ1) is 32.7. The predicted molar refractivity (Wildman–Crippen MR) is 172 cm³/mol. The third-order valence-corrected chi connectivity index (χ3v) is 7.25. The smallest absolute Gasteiger partial charge is 0.254 e. The molecule has 1 aliphatic rings. The maximum Gasteiger partial charge on any atom is 0.254 e. The molecule has 44 heavy (non-hydrogen) atoms. The highest BCUT2D eigenvalue weighted by Gasteiger charge is 2.21. The van der Waals surface area contributed by atoms with E-state index in [9.17, 15) is 9.90 Å². The van der Waals surface area contributed by atoms with E-state index in [0.29, 0.717) is 41.9 Å². The summed E-state index contributed by atoms with van der Waals surface area (Å²) >= 11 is 5.92. The molecule has 1 saturated heterocycles. The van der Waals surface area contributed by atoms with E-state index in [-0.39, 0.29) is 30.6 Å². The lowest BCUT2D eigenvalue weighted by Crippen LogP contribution is -2.48. The highest BCUT2D eigenvalue weighted by Crippen LogP contribution is 2.22. The Morgan fingerprint density at radius 3 is 2.52 bits per heavy atom. The summed E-state index contributed by atoms with van der Waals surface area (Å²) in [6.45, 7) is 7.89. The van der Waals surface area contributed by atoms with E-state index >= 15 is 0 Å². The molecule has 0 spiro atoms. The van der Waals surface area contributed by atoms with Gasteiger partial charge in [-0.1, -0.05) is 59.2 Å². The van der Waals surface area contributed by atoms with Crippen molar-refractivity contribution in [3.05, 3.63) is 107 Å². The molecule has 1 amide bonds. The zero-order valence-corrected chi connectivity index (χ0v) is 25.6. The van der Waals surface area contributed by atoms with Gasteiger partial charge >= 0.3 is 0 Å². The molecule has 5 rings (SSSR count). The standard InChI is InChI=1S/C32H33ClN6O4.ClH/c1-2-4-24-5-3-6-26(31(24)41)19-34-36-29(40)20-38-15-17-39(18-16-38)21-30-35-32(37-43-30)25-9-7-23(8-10-25)22-42-28-13-11-27(33)12-14-28;/h2-3,5-14,19,41H,1,4,15-18,20-22H2,(H,36,40);1H. The van der Waals surface area contributed by atoms with Gasteiger partial charge in [0.2, 0.25) is 11.7 Å². The number of aromatic nitrogens is 2. The van der Waals surface area contributed by atoms with Gasteiger partial charge in [-0.3, -0.25) is 14.6 Å². The highest BCUT2D eigenvalue weighted by atomic mass is 35.5. The summed E-state index contributed by atoms with van der Waals surface area (Å²) in [6, 6.07) is 20.5. The molecule has 3 aromatic carbocycles. The van der Waals surface area contributed by atoms with Crippen molar-refractivity contribution in [1.29, 1.82) is 0 Å². The molecular weight excluding hydrogens is 603 g/mol. The number of nitrogens with zero attached hydrogens (tertiary/aromatic N) is 5. The van der Waals surface area contributed by atoms with Crippen molar-refractivity contribution in [2.45, 2.75) is 19.6 Å². The fraction of sp³-hybridized carbons (Fsp3) is 0.250. The number of aromatic hydroxyl groups is 1. The summed E-state index contributed by atoms with van der Waals surface area (Å²) in [5, 5.41) is 19.2. The Bertz CT molecular complexity index is 1550. The first-order valence-electron chi connectivity index (χ1n) is 14.0. The number of carbonyl (C=O) groups excluding carboxylic acids is 1. The molecule has 1 aliphatic heterocycles. The number of allylic oxidation sites excluding steroid dienone is 1. The molecule has 2 heterocycles. The van der Waals surface area contributed by atoms with Gasteiger partial charge in [-0.15, -0.1) is 19.0 Å². The lowest BCUT2D eigenvalue weighted by molar-refractivity contribution is -0.122. The van der Waals surface area contributed by atoms with Crippen molar-refractivity contribution in [3.8, 4) is 22.9 Å². The van der Waals surface area contributed by atoms with Crippen molar-refractivity contribution < 1.29 is 19.2 Å². The Balaban J connectivity index is 0.00000442. The van der Waals surface area contributed by atoms with Crippen LogP contribution in [0.5, 0.6) is 11.5 Å². The van der Waals surface area contributed by atoms with E-state index in [1.807, 2.05) is 48.5 Å². The average molecular weight is 638 g/mol. The van der Waals surface area contributed by atoms with Crippen LogP contribution in [0.15, 0.2) is 89.0 Å². The fourth-order valence-corrected chi connectivity index (χ4v) is 4.75. The Labute approximate surface area is 267 Å². The van der Waals surface area contributed by atoms with Crippen molar-refractivity contribution in [3.63, 3.8) is 0 Å². The number of rotatable bonds is 12. The molecule has 230 valence electrons. The third kappa shape index (κ3) is 9.14. The minimum absolute atomic E-state index is 0. The molecule has 2 N–H and O–H groups in total. The summed E-state index contributed by atoms with van der Waals surface area (Å²) in [7, 11) is 0. The van der Waals surface area contributed by atoms with Crippen LogP contribution >= 0.6 is 24.0 Å². The Kier molecular flexibility index (Phi) is 11.9. The molecule has 0 saturated carbocycles. The number of benzene rings is 3. The van der Waals surface area contributed by atoms with Gasteiger partial charge in [0.05, 0.1) is 19.3 Å². The Hall–Kier alpha value is -4.22. The minimum Gasteiger partial charge on any atom is -0.507 e. The number of para-hydroxylation sites is 1. The van der Waals surface area contributed by atoms with E-state index < -0.39 is 0 Å². The largest absolute Gasteiger partial charge is 0.507 e. The van der Waals surface area contributed by atoms with Crippen LogP contribution in [0.25, 0.3) is 11.4 Å². The van der Waals surface area contributed by atoms with Gasteiger partial charge in [-0.2, -0.15) is 10.1 Å². The molecule has 10 nitrogen and oxygen atoms in total. The summed E-state index contributed by atoms with van der Waals surface area (Å²) in [5.41, 5.74) is 5.72. The van der Waals surface area contributed by atoms with Crippen LogP contribution in [0.3, 0.4) is 0 Å². The van der Waals surface area contributed by atoms with Crippen molar-refractivity contribution in [1.82, 2.24) is 25.4 Å². The molecule has 1 fully saturated rings. The lowest BCUT2D eigenvalue weighted by atomic mass is 10.1. The van der Waals surface area contributed by atoms with Gasteiger partial charge in [0.15, 0.2) is 0 Å². The zero-order chi connectivity index (χ0) is 30.0. The van der Waals surface area contributed by atoms with Crippen LogP contribution in [0.2, 0.25) is 5.02 Å². The predicted octanol–water partition coefficient (Wildman–Crippen LogP) is 5.09. The van der Waals surface area contributed by atoms with Crippen LogP contribution < -0.4 is 10.2 Å². The number of hydrogen-bond donors (Lipinski definition) is 2. The maximum atomic E-state index is 12.4. The van der Waals surface area contributed by atoms with Gasteiger partial charge in [0.1, 0.15) is 18.1 Å². The first-order valence-corrected chi connectivity index (χ1v) is 14.3. The van der Waals surface area contributed by atoms with Crippen LogP contribution in [0.4, 0.5) is 0 Å². The van der Waals surface area contributed by atoms with Crippen molar-refractivity contribution >= 4 is 36.1 Å². The number of phenolic OH excluding ortho intramolecular Hbond substituents is 1. The molecule has 12 heteroatoms. The SMILES string of the molecule is C=CCc1cccc(C=NNC(=O)CN2CCN(Cc3nc(-c4ccc(COc5ccc(Cl)cc5)cc4)no3)CC2)c1O.Cl. The van der Waals surface area contributed by atoms with E-state index in [1.165, 1.54) is 6.21 Å². The number of carbonyl (C=O) groups is 1. The number of phenols is 1. The van der Waals surface area contributed by atoms with E-state index in [2.05, 4.69) is 37.0 Å². The second-order valence-corrected chi connectivity index (χ2v) is 10.6. The number of hydrazone groups is 1. The third-order valence-electron chi connectivity index (χ3n) is 7.00. The molecular formula is C32H34Cl2N6O4. The Morgan fingerprint density at radius 2 is 1.80 bits per heavy atom. The first-order chi connectivity index (χ1) is 21.0. The molecule has 0 atom stereocenters. The maximum absolute atomic E-state index is 12.4. The molecule has 1 aromatic heterocycles. The van der Waals surface area contributed by atoms with Crippen molar-refractivity contribution in [2.24, 2.45) is 5.10 Å². The molecule has 0 radical (unpaired) electrons. The van der Waals surface area contributed by atoms with Gasteiger partial charge in [-0.05, 0) is 47.9 Å². The van der Waals surface area contributed by atoms with Gasteiger partial charge in [0.25, 0.3) is 5.91 Å². The number of halogens is 2. The van der Waals surface area contributed by atoms with Gasteiger partial charge < -0.3 is 14.4 Å². The quantitative estimate of drug-likeness (QED) is 0.125. The average Bonchev–Trinajstić information content (AvgIpc) is 3.48. The summed E-state index contributed by atoms with van der Waals surface area (Å²) in [5.74, 6) is 1.77. The number of nitrogens with one attached hydrogen (secondary N) is 1. The monoisotopic (exact) mass is 636 g/mol. The molecule has 0 bridgehead atoms. The van der Waals surface area contributed by atoms with Gasteiger partial charge in [0, 0.05) is 42.3 Å². The van der Waals surface area contributed by atoms with Crippen LogP contribution in [-0.2, 0) is 24.4 Å². The number of amides is 1. The molecule has 4 aromatic rings. The fourth-order valence-electron chi connectivity index (χ4n) is 4.63. The van der Waals surface area contributed by atoms with Crippen LogP contribution in [0, 0.1) is 0 Å². The summed E-state index contributed by atoms with van der Waals surface area (Å²) in [4.78, 5) is 21.3. The van der Waals surface area contributed by atoms with Crippen LogP contribution in [-0.4, -0.2) is 69.9 Å². The van der Waals surface area contributed by atoms with Crippen molar-refractivity contribution in [2.75, 3.05) is 32.7 Å². The van der Waals surface area contributed by atoms with E-state index in [1.54, 1.807) is 24.3 Å². The molecule has 0 unspecified atom stereocenters. The summed E-state index contributed by atoms with van der Waals surface area (Å²) < 4.78 is 11.3. The second-order valence-electron chi connectivity index (χ2n) is 10.1. The summed E-state index contributed by atoms with van der Waals surface area (Å²) in [6.07, 6.45) is 3.72. The number of piperazine rings is 1. The lowest BCUT2D eigenvalue weighted by Gasteiger charge is -2.33. The van der Waals surface area contributed by atoms with E-state index in [4.69, 9.17) is 20.9 Å². The number of ether oxygens (including phenoxy) is 1. The molecule has 0 aliphatic carbocycles. The van der Waals surface area contributed by atoms with Gasteiger partial charge in [-0.25, -0.2) is 5.43 Å². The second kappa shape index (κ2) is 16.0.